The van der Waals surface area contributed by atoms with Gasteiger partial charge in [-0.25, -0.2) is 0 Å². The molecule has 2 unspecified atom stereocenters. The van der Waals surface area contributed by atoms with E-state index in [1.807, 2.05) is 0 Å². The van der Waals surface area contributed by atoms with Gasteiger partial charge in [0.05, 0.1) is 25.4 Å². The van der Waals surface area contributed by atoms with Gasteiger partial charge in [0.25, 0.3) is 0 Å². The summed E-state index contributed by atoms with van der Waals surface area (Å²) >= 11 is 0. The number of ether oxygens (including phenoxy) is 1. The molecule has 0 bridgehead atoms. The lowest BCUT2D eigenvalue weighted by Crippen LogP contribution is -2.45. The maximum atomic E-state index is 12.5. The minimum absolute atomic E-state index is 0.0171. The zero-order chi connectivity index (χ0) is 60.6. The van der Waals surface area contributed by atoms with E-state index in [9.17, 15) is 19.8 Å². The third-order valence-electron chi connectivity index (χ3n) is 18.2. The topological polar surface area (TPSA) is 95.9 Å². The summed E-state index contributed by atoms with van der Waals surface area (Å²) in [6.45, 7) is 5.00. The van der Waals surface area contributed by atoms with Crippen molar-refractivity contribution in [3.63, 3.8) is 0 Å². The van der Waals surface area contributed by atoms with E-state index in [1.54, 1.807) is 0 Å². The fourth-order valence-electron chi connectivity index (χ4n) is 12.3. The zero-order valence-electron chi connectivity index (χ0n) is 57.2. The molecular weight excluding hydrogens is 1030 g/mol. The molecule has 0 aliphatic carbocycles. The third-order valence-corrected chi connectivity index (χ3v) is 18.2. The van der Waals surface area contributed by atoms with Crippen LogP contribution in [0.5, 0.6) is 0 Å². The van der Waals surface area contributed by atoms with Crippen molar-refractivity contribution in [2.24, 2.45) is 0 Å². The van der Waals surface area contributed by atoms with Crippen molar-refractivity contribution in [1.29, 1.82) is 0 Å². The van der Waals surface area contributed by atoms with E-state index in [2.05, 4.69) is 43.5 Å². The van der Waals surface area contributed by atoms with Crippen LogP contribution < -0.4 is 5.32 Å². The van der Waals surface area contributed by atoms with Gasteiger partial charge in [0.15, 0.2) is 0 Å². The second-order valence-electron chi connectivity index (χ2n) is 26.7. The first kappa shape index (κ1) is 82.3. The van der Waals surface area contributed by atoms with Crippen LogP contribution in [-0.4, -0.2) is 47.4 Å². The first-order valence-electron chi connectivity index (χ1n) is 38.6. The molecule has 0 radical (unpaired) electrons. The van der Waals surface area contributed by atoms with Crippen molar-refractivity contribution < 1.29 is 24.5 Å². The number of hydrogen-bond donors (Lipinski definition) is 3. The Morgan fingerprint density at radius 3 is 0.845 bits per heavy atom. The van der Waals surface area contributed by atoms with Crippen LogP contribution in [0.1, 0.15) is 438 Å². The molecule has 0 aromatic heterocycles. The van der Waals surface area contributed by atoms with Crippen molar-refractivity contribution in [3.8, 4) is 0 Å². The number of esters is 1. The number of amides is 1. The maximum Gasteiger partial charge on any atom is 0.305 e. The molecule has 6 nitrogen and oxygen atoms in total. The van der Waals surface area contributed by atoms with Crippen molar-refractivity contribution in [2.45, 2.75) is 450 Å². The minimum atomic E-state index is -0.664. The molecule has 0 aliphatic rings. The number of unbranched alkanes of at least 4 members (excludes halogenated alkanes) is 58. The molecule has 0 aromatic rings. The van der Waals surface area contributed by atoms with Crippen LogP contribution in [0.4, 0.5) is 0 Å². The van der Waals surface area contributed by atoms with E-state index in [0.717, 1.165) is 38.5 Å². The van der Waals surface area contributed by atoms with Crippen LogP contribution in [-0.2, 0) is 14.3 Å². The Labute approximate surface area is 526 Å². The Morgan fingerprint density at radius 2 is 0.560 bits per heavy atom. The lowest BCUT2D eigenvalue weighted by molar-refractivity contribution is -0.143. The first-order chi connectivity index (χ1) is 41.5. The predicted octanol–water partition coefficient (Wildman–Crippen LogP) is 25.3. The summed E-state index contributed by atoms with van der Waals surface area (Å²) in [4.78, 5) is 24.7. The highest BCUT2D eigenvalue weighted by molar-refractivity contribution is 5.76. The monoisotopic (exact) mass is 1180 g/mol. The van der Waals surface area contributed by atoms with Crippen molar-refractivity contribution in [2.75, 3.05) is 13.2 Å². The highest BCUT2D eigenvalue weighted by Crippen LogP contribution is 2.20. The average Bonchev–Trinajstić information content (AvgIpc) is 3.51. The molecule has 0 saturated heterocycles. The predicted molar refractivity (Wildman–Crippen MR) is 370 cm³/mol. The van der Waals surface area contributed by atoms with Crippen LogP contribution in [0.3, 0.4) is 0 Å². The summed E-state index contributed by atoms with van der Waals surface area (Å²) in [5, 5.41) is 23.4. The number of hydrogen-bond acceptors (Lipinski definition) is 5. The molecule has 6 heteroatoms. The molecule has 3 N–H and O–H groups in total. The standard InChI is InChI=1S/C78H151NO5/c1-3-5-7-9-11-13-15-17-19-21-34-38-42-46-50-54-58-62-66-70-76(81)75(74-80)79-77(82)71-67-63-59-55-51-47-43-39-36-32-30-28-26-24-23-25-27-29-31-33-37-41-45-49-53-57-61-65-69-73-84-78(83)72-68-64-60-56-52-48-44-40-35-22-20-18-16-14-12-10-8-6-4-2/h18,20,23,25,75-76,80-81H,3-17,19,21-22,24,26-74H2,1-2H3,(H,79,82)/b20-18-,25-23-. The highest BCUT2D eigenvalue weighted by Gasteiger charge is 2.20. The third kappa shape index (κ3) is 69.4. The average molecular weight is 1180 g/mol. The summed E-state index contributed by atoms with van der Waals surface area (Å²) < 4.78 is 5.51. The molecule has 0 aliphatic heterocycles. The number of carbonyl (C=O) groups excluding carboxylic acids is 2. The molecule has 0 spiro atoms. The van der Waals surface area contributed by atoms with Gasteiger partial charge in [-0.05, 0) is 77.0 Å². The highest BCUT2D eigenvalue weighted by atomic mass is 16.5. The van der Waals surface area contributed by atoms with Gasteiger partial charge >= 0.3 is 5.97 Å². The molecule has 0 saturated carbocycles. The minimum Gasteiger partial charge on any atom is -0.466 e. The smallest absolute Gasteiger partial charge is 0.305 e. The number of carbonyl (C=O) groups is 2. The van der Waals surface area contributed by atoms with Crippen molar-refractivity contribution in [3.05, 3.63) is 24.3 Å². The van der Waals surface area contributed by atoms with E-state index < -0.39 is 12.1 Å². The van der Waals surface area contributed by atoms with Crippen LogP contribution in [0.2, 0.25) is 0 Å². The second kappa shape index (κ2) is 73.8. The van der Waals surface area contributed by atoms with Crippen LogP contribution in [0.15, 0.2) is 24.3 Å². The van der Waals surface area contributed by atoms with E-state index in [0.29, 0.717) is 25.9 Å². The normalized spacial score (nSPS) is 12.6. The quantitative estimate of drug-likeness (QED) is 0.0320. The number of rotatable bonds is 73. The summed E-state index contributed by atoms with van der Waals surface area (Å²) in [6.07, 6.45) is 94.0. The second-order valence-corrected chi connectivity index (χ2v) is 26.7. The Balaban J connectivity index is 3.36. The summed E-state index contributed by atoms with van der Waals surface area (Å²) in [5.74, 6) is -0.0124. The summed E-state index contributed by atoms with van der Waals surface area (Å²) in [5.41, 5.74) is 0. The fourth-order valence-corrected chi connectivity index (χ4v) is 12.3. The van der Waals surface area contributed by atoms with Crippen LogP contribution >= 0.6 is 0 Å². The van der Waals surface area contributed by atoms with Gasteiger partial charge in [-0.1, -0.05) is 372 Å². The van der Waals surface area contributed by atoms with Gasteiger partial charge in [0.2, 0.25) is 5.91 Å². The van der Waals surface area contributed by atoms with E-state index in [4.69, 9.17) is 4.74 Å². The molecule has 0 heterocycles. The fraction of sp³-hybridized carbons (Fsp3) is 0.923. The number of aliphatic hydroxyl groups excluding tert-OH is 2. The Morgan fingerprint density at radius 1 is 0.321 bits per heavy atom. The van der Waals surface area contributed by atoms with Gasteiger partial charge in [0.1, 0.15) is 0 Å². The number of allylic oxidation sites excluding steroid dienone is 4. The Bertz CT molecular complexity index is 1320. The largest absolute Gasteiger partial charge is 0.466 e. The number of nitrogens with one attached hydrogen (secondary N) is 1. The summed E-state index contributed by atoms with van der Waals surface area (Å²) in [7, 11) is 0. The van der Waals surface area contributed by atoms with Crippen LogP contribution in [0.25, 0.3) is 0 Å². The molecule has 0 rings (SSSR count). The molecule has 498 valence electrons. The van der Waals surface area contributed by atoms with Gasteiger partial charge in [0, 0.05) is 12.8 Å². The van der Waals surface area contributed by atoms with E-state index in [1.165, 1.54) is 366 Å². The lowest BCUT2D eigenvalue weighted by Gasteiger charge is -2.22. The van der Waals surface area contributed by atoms with E-state index >= 15 is 0 Å². The van der Waals surface area contributed by atoms with Crippen molar-refractivity contribution in [1.82, 2.24) is 5.32 Å². The lowest BCUT2D eigenvalue weighted by atomic mass is 10.0. The maximum absolute atomic E-state index is 12.5. The van der Waals surface area contributed by atoms with Gasteiger partial charge in [-0.15, -0.1) is 0 Å². The Hall–Kier alpha value is -1.66. The van der Waals surface area contributed by atoms with Crippen molar-refractivity contribution >= 4 is 11.9 Å². The molecule has 1 amide bonds. The first-order valence-corrected chi connectivity index (χ1v) is 38.6. The summed E-state index contributed by atoms with van der Waals surface area (Å²) in [6, 6.07) is -0.541. The zero-order valence-corrected chi connectivity index (χ0v) is 57.2. The van der Waals surface area contributed by atoms with Gasteiger partial charge in [-0.2, -0.15) is 0 Å². The molecular formula is C78H151NO5. The number of aliphatic hydroxyl groups is 2. The SMILES string of the molecule is CCCCCCCC/C=C\CCCCCCCCCCCC(=O)OCCCCCCCCCCCCCC/C=C\CCCCCCCCCCCCCCCC(=O)NC(CO)C(O)CCCCCCCCCCCCCCCCCCCCC. The van der Waals surface area contributed by atoms with Gasteiger partial charge < -0.3 is 20.3 Å². The molecule has 84 heavy (non-hydrogen) atoms. The van der Waals surface area contributed by atoms with Gasteiger partial charge in [-0.3, -0.25) is 9.59 Å². The molecule has 0 aromatic carbocycles. The van der Waals surface area contributed by atoms with E-state index in [-0.39, 0.29) is 18.5 Å². The Kier molecular flexibility index (Phi) is 72.3. The molecule has 2 atom stereocenters. The molecule has 0 fully saturated rings. The van der Waals surface area contributed by atoms with Crippen LogP contribution in [0, 0.1) is 0 Å².